The molecule has 1 fully saturated rings. The summed E-state index contributed by atoms with van der Waals surface area (Å²) in [5.74, 6) is 0.109. The van der Waals surface area contributed by atoms with Crippen LogP contribution < -0.4 is 5.56 Å². The molecule has 1 aromatic carbocycles. The van der Waals surface area contributed by atoms with Gasteiger partial charge in [0, 0.05) is 24.2 Å². The third-order valence-electron chi connectivity index (χ3n) is 4.40. The standard InChI is InChI=1S/C18H22ClN3O2S/c1-11(2)22-17(24)14-7-6-13(19)10-15(14)20-18(22)25-12(3)16(23)21-8-4-5-9-21/h6-7,10-12H,4-5,8-9H2,1-3H3/t12-/m0/s1. The van der Waals surface area contributed by atoms with Gasteiger partial charge < -0.3 is 4.90 Å². The molecule has 7 heteroatoms. The number of thioether (sulfide) groups is 1. The van der Waals surface area contributed by atoms with Crippen LogP contribution in [-0.2, 0) is 4.79 Å². The van der Waals surface area contributed by atoms with E-state index in [1.807, 2.05) is 25.7 Å². The van der Waals surface area contributed by atoms with Gasteiger partial charge in [-0.05, 0) is 51.8 Å². The zero-order valence-corrected chi connectivity index (χ0v) is 16.2. The first-order valence-corrected chi connectivity index (χ1v) is 9.81. The number of carbonyl (C=O) groups excluding carboxylic acids is 1. The van der Waals surface area contributed by atoms with Crippen molar-refractivity contribution in [2.75, 3.05) is 13.1 Å². The second-order valence-electron chi connectivity index (χ2n) is 6.62. The fourth-order valence-corrected chi connectivity index (χ4v) is 4.38. The summed E-state index contributed by atoms with van der Waals surface area (Å²) in [6.45, 7) is 7.41. The number of hydrogen-bond donors (Lipinski definition) is 0. The maximum Gasteiger partial charge on any atom is 0.262 e. The van der Waals surface area contributed by atoms with E-state index >= 15 is 0 Å². The molecule has 0 N–H and O–H groups in total. The third-order valence-corrected chi connectivity index (χ3v) is 5.68. The van der Waals surface area contributed by atoms with Gasteiger partial charge in [-0.25, -0.2) is 4.98 Å². The Bertz CT molecular complexity index is 859. The van der Waals surface area contributed by atoms with Crippen LogP contribution in [0.1, 0.15) is 39.7 Å². The van der Waals surface area contributed by atoms with Crippen molar-refractivity contribution in [2.24, 2.45) is 0 Å². The Kier molecular flexibility index (Phi) is 5.39. The number of carbonyl (C=O) groups is 1. The van der Waals surface area contributed by atoms with Crippen molar-refractivity contribution >= 4 is 40.2 Å². The van der Waals surface area contributed by atoms with Crippen LogP contribution in [-0.4, -0.2) is 38.7 Å². The van der Waals surface area contributed by atoms with Crippen molar-refractivity contribution < 1.29 is 4.79 Å². The summed E-state index contributed by atoms with van der Waals surface area (Å²) in [5, 5.41) is 1.36. The summed E-state index contributed by atoms with van der Waals surface area (Å²) >= 11 is 7.40. The van der Waals surface area contributed by atoms with Crippen LogP contribution in [0.15, 0.2) is 28.2 Å². The highest BCUT2D eigenvalue weighted by Gasteiger charge is 2.26. The third kappa shape index (κ3) is 3.70. The van der Waals surface area contributed by atoms with E-state index in [1.165, 1.54) is 11.8 Å². The Morgan fingerprint density at radius 1 is 1.24 bits per heavy atom. The topological polar surface area (TPSA) is 55.2 Å². The van der Waals surface area contributed by atoms with Crippen molar-refractivity contribution in [3.63, 3.8) is 0 Å². The van der Waals surface area contributed by atoms with Gasteiger partial charge in [0.1, 0.15) is 0 Å². The Hall–Kier alpha value is -1.53. The van der Waals surface area contributed by atoms with E-state index in [2.05, 4.69) is 4.98 Å². The lowest BCUT2D eigenvalue weighted by Crippen LogP contribution is -2.35. The molecule has 5 nitrogen and oxygen atoms in total. The smallest absolute Gasteiger partial charge is 0.262 e. The first-order chi connectivity index (χ1) is 11.9. The van der Waals surface area contributed by atoms with Gasteiger partial charge in [0.15, 0.2) is 5.16 Å². The SMILES string of the molecule is CC(C)n1c(S[C@@H](C)C(=O)N2CCCC2)nc2cc(Cl)ccc2c1=O. The number of fused-ring (bicyclic) bond motifs is 1. The molecule has 0 spiro atoms. The fraction of sp³-hybridized carbons (Fsp3) is 0.500. The molecule has 1 aliphatic heterocycles. The van der Waals surface area contributed by atoms with Crippen molar-refractivity contribution in [1.29, 1.82) is 0 Å². The Labute approximate surface area is 156 Å². The number of rotatable bonds is 4. The van der Waals surface area contributed by atoms with Gasteiger partial charge in [-0.1, -0.05) is 23.4 Å². The lowest BCUT2D eigenvalue weighted by molar-refractivity contribution is -0.129. The second-order valence-corrected chi connectivity index (χ2v) is 8.36. The van der Waals surface area contributed by atoms with Crippen LogP contribution in [0.4, 0.5) is 0 Å². The first kappa shape index (κ1) is 18.3. The van der Waals surface area contributed by atoms with Crippen LogP contribution in [0, 0.1) is 0 Å². The molecule has 1 atom stereocenters. The molecule has 2 heterocycles. The maximum atomic E-state index is 12.9. The molecule has 1 aliphatic rings. The summed E-state index contributed by atoms with van der Waals surface area (Å²) in [4.78, 5) is 32.0. The number of nitrogens with zero attached hydrogens (tertiary/aromatic N) is 3. The van der Waals surface area contributed by atoms with E-state index in [0.29, 0.717) is 21.1 Å². The normalized spacial score (nSPS) is 16.0. The van der Waals surface area contributed by atoms with E-state index in [1.54, 1.807) is 22.8 Å². The molecule has 1 aromatic heterocycles. The van der Waals surface area contributed by atoms with E-state index < -0.39 is 0 Å². The molecule has 2 aromatic rings. The number of likely N-dealkylation sites (tertiary alicyclic amines) is 1. The van der Waals surface area contributed by atoms with E-state index in [9.17, 15) is 9.59 Å². The minimum Gasteiger partial charge on any atom is -0.342 e. The van der Waals surface area contributed by atoms with Gasteiger partial charge in [-0.2, -0.15) is 0 Å². The summed E-state index contributed by atoms with van der Waals surface area (Å²) in [6, 6.07) is 5.06. The molecule has 134 valence electrons. The molecule has 0 radical (unpaired) electrons. The summed E-state index contributed by atoms with van der Waals surface area (Å²) in [5.41, 5.74) is 0.470. The summed E-state index contributed by atoms with van der Waals surface area (Å²) in [7, 11) is 0. The quantitative estimate of drug-likeness (QED) is 0.600. The first-order valence-electron chi connectivity index (χ1n) is 8.55. The lowest BCUT2D eigenvalue weighted by Gasteiger charge is -2.22. The van der Waals surface area contributed by atoms with Gasteiger partial charge in [0.25, 0.3) is 5.56 Å². The molecule has 1 saturated heterocycles. The van der Waals surface area contributed by atoms with E-state index in [4.69, 9.17) is 11.6 Å². The molecule has 3 rings (SSSR count). The van der Waals surface area contributed by atoms with Crippen LogP contribution in [0.2, 0.25) is 5.02 Å². The van der Waals surface area contributed by atoms with E-state index in [0.717, 1.165) is 25.9 Å². The average molecular weight is 380 g/mol. The maximum absolute atomic E-state index is 12.9. The lowest BCUT2D eigenvalue weighted by atomic mass is 10.2. The summed E-state index contributed by atoms with van der Waals surface area (Å²) < 4.78 is 1.66. The Morgan fingerprint density at radius 3 is 2.56 bits per heavy atom. The predicted octanol–water partition coefficient (Wildman–Crippen LogP) is 3.73. The highest BCUT2D eigenvalue weighted by atomic mass is 35.5. The fourth-order valence-electron chi connectivity index (χ4n) is 3.09. The number of benzene rings is 1. The van der Waals surface area contributed by atoms with Crippen LogP contribution in [0.5, 0.6) is 0 Å². The van der Waals surface area contributed by atoms with Gasteiger partial charge in [-0.15, -0.1) is 0 Å². The highest BCUT2D eigenvalue weighted by Crippen LogP contribution is 2.27. The van der Waals surface area contributed by atoms with Crippen LogP contribution in [0.3, 0.4) is 0 Å². The zero-order chi connectivity index (χ0) is 18.1. The number of hydrogen-bond acceptors (Lipinski definition) is 4. The Morgan fingerprint density at radius 2 is 1.92 bits per heavy atom. The molecule has 25 heavy (non-hydrogen) atoms. The number of amides is 1. The van der Waals surface area contributed by atoms with Gasteiger partial charge in [-0.3, -0.25) is 14.2 Å². The molecular formula is C18H22ClN3O2S. The monoisotopic (exact) mass is 379 g/mol. The van der Waals surface area contributed by atoms with Gasteiger partial charge >= 0.3 is 0 Å². The van der Waals surface area contributed by atoms with Crippen molar-refractivity contribution in [3.8, 4) is 0 Å². The molecular weight excluding hydrogens is 358 g/mol. The second kappa shape index (κ2) is 7.38. The van der Waals surface area contributed by atoms with Gasteiger partial charge in [0.05, 0.1) is 16.2 Å². The van der Waals surface area contributed by atoms with E-state index in [-0.39, 0.29) is 22.8 Å². The zero-order valence-electron chi connectivity index (χ0n) is 14.7. The minimum absolute atomic E-state index is 0.0448. The number of aromatic nitrogens is 2. The van der Waals surface area contributed by atoms with Crippen molar-refractivity contribution in [1.82, 2.24) is 14.5 Å². The molecule has 0 saturated carbocycles. The van der Waals surface area contributed by atoms with Crippen LogP contribution in [0.25, 0.3) is 10.9 Å². The average Bonchev–Trinajstić information content (AvgIpc) is 3.07. The molecule has 1 amide bonds. The van der Waals surface area contributed by atoms with Gasteiger partial charge in [0.2, 0.25) is 5.91 Å². The van der Waals surface area contributed by atoms with Crippen molar-refractivity contribution in [3.05, 3.63) is 33.6 Å². The molecule has 0 aliphatic carbocycles. The highest BCUT2D eigenvalue weighted by molar-refractivity contribution is 8.00. The predicted molar refractivity (Wildman–Crippen MR) is 103 cm³/mol. The van der Waals surface area contributed by atoms with Crippen molar-refractivity contribution in [2.45, 2.75) is 50.1 Å². The molecule has 0 unspecified atom stereocenters. The molecule has 0 bridgehead atoms. The van der Waals surface area contributed by atoms with Crippen LogP contribution >= 0.6 is 23.4 Å². The Balaban J connectivity index is 2.00. The number of halogens is 1. The minimum atomic E-state index is -0.286. The summed E-state index contributed by atoms with van der Waals surface area (Å²) in [6.07, 6.45) is 2.12. The largest absolute Gasteiger partial charge is 0.342 e.